The van der Waals surface area contributed by atoms with Crippen molar-refractivity contribution in [2.75, 3.05) is 0 Å². The molecule has 0 spiro atoms. The van der Waals surface area contributed by atoms with E-state index < -0.39 is 0 Å². The van der Waals surface area contributed by atoms with Crippen LogP contribution < -0.4 is 5.32 Å². The van der Waals surface area contributed by atoms with Gasteiger partial charge in [0, 0.05) is 12.5 Å². The highest BCUT2D eigenvalue weighted by Gasteiger charge is 2.14. The van der Waals surface area contributed by atoms with Gasteiger partial charge >= 0.3 is 0 Å². The smallest absolute Gasteiger partial charge is 0.220 e. The lowest BCUT2D eigenvalue weighted by Crippen LogP contribution is -2.35. The molecule has 1 amide bonds. The van der Waals surface area contributed by atoms with E-state index in [1.54, 1.807) is 6.08 Å². The number of rotatable bonds is 4. The zero-order chi connectivity index (χ0) is 9.52. The highest BCUT2D eigenvalue weighted by atomic mass is 16.1. The number of carbonyl (C=O) groups excluding carboxylic acids is 1. The molecule has 13 heavy (non-hydrogen) atoms. The van der Waals surface area contributed by atoms with Gasteiger partial charge in [-0.15, -0.1) is 6.58 Å². The van der Waals surface area contributed by atoms with Crippen LogP contribution in [0.4, 0.5) is 0 Å². The van der Waals surface area contributed by atoms with Gasteiger partial charge in [0.2, 0.25) is 5.91 Å². The summed E-state index contributed by atoms with van der Waals surface area (Å²) in [7, 11) is 0. The summed E-state index contributed by atoms with van der Waals surface area (Å²) in [6.45, 7) is 3.60. The van der Waals surface area contributed by atoms with E-state index in [-0.39, 0.29) is 5.91 Å². The number of amides is 1. The fourth-order valence-corrected chi connectivity index (χ4v) is 1.78. The van der Waals surface area contributed by atoms with Gasteiger partial charge in [0.25, 0.3) is 0 Å². The van der Waals surface area contributed by atoms with E-state index in [2.05, 4.69) is 11.9 Å². The van der Waals surface area contributed by atoms with Gasteiger partial charge in [-0.05, 0) is 19.3 Å². The minimum absolute atomic E-state index is 0.187. The largest absolute Gasteiger partial charge is 0.353 e. The van der Waals surface area contributed by atoms with Crippen LogP contribution in [0.2, 0.25) is 0 Å². The normalized spacial score (nSPS) is 18.2. The molecule has 0 bridgehead atoms. The van der Waals surface area contributed by atoms with Crippen molar-refractivity contribution in [3.63, 3.8) is 0 Å². The summed E-state index contributed by atoms with van der Waals surface area (Å²) in [5.74, 6) is 0.187. The molecule has 0 radical (unpaired) electrons. The molecule has 1 rings (SSSR count). The zero-order valence-electron chi connectivity index (χ0n) is 8.22. The SMILES string of the molecule is C=CCCC(=O)NC1CCCCC1. The molecular formula is C11H19NO. The van der Waals surface area contributed by atoms with E-state index >= 15 is 0 Å². The molecule has 0 aromatic heterocycles. The number of hydrogen-bond donors (Lipinski definition) is 1. The molecule has 2 heteroatoms. The summed E-state index contributed by atoms with van der Waals surface area (Å²) < 4.78 is 0. The van der Waals surface area contributed by atoms with Gasteiger partial charge in [0.1, 0.15) is 0 Å². The van der Waals surface area contributed by atoms with Crippen LogP contribution in [0.3, 0.4) is 0 Å². The molecular weight excluding hydrogens is 162 g/mol. The fraction of sp³-hybridized carbons (Fsp3) is 0.727. The Balaban J connectivity index is 2.14. The molecule has 0 aliphatic heterocycles. The van der Waals surface area contributed by atoms with E-state index in [0.717, 1.165) is 6.42 Å². The quantitative estimate of drug-likeness (QED) is 0.663. The van der Waals surface area contributed by atoms with Crippen LogP contribution >= 0.6 is 0 Å². The molecule has 1 fully saturated rings. The van der Waals surface area contributed by atoms with Crippen LogP contribution in [0.15, 0.2) is 12.7 Å². The summed E-state index contributed by atoms with van der Waals surface area (Å²) in [5, 5.41) is 3.07. The molecule has 0 atom stereocenters. The van der Waals surface area contributed by atoms with Crippen LogP contribution in [-0.2, 0) is 4.79 Å². The van der Waals surface area contributed by atoms with Gasteiger partial charge in [0.05, 0.1) is 0 Å². The van der Waals surface area contributed by atoms with E-state index in [4.69, 9.17) is 0 Å². The number of allylic oxidation sites excluding steroid dienone is 1. The third-order valence-electron chi connectivity index (χ3n) is 2.55. The molecule has 0 aromatic carbocycles. The molecule has 0 unspecified atom stereocenters. The summed E-state index contributed by atoms with van der Waals surface area (Å²) in [6, 6.07) is 0.450. The molecule has 1 N–H and O–H groups in total. The molecule has 74 valence electrons. The van der Waals surface area contributed by atoms with Crippen molar-refractivity contribution in [3.05, 3.63) is 12.7 Å². The topological polar surface area (TPSA) is 29.1 Å². The predicted octanol–water partition coefficient (Wildman–Crippen LogP) is 2.40. The Hall–Kier alpha value is -0.790. The van der Waals surface area contributed by atoms with Crippen molar-refractivity contribution < 1.29 is 4.79 Å². The summed E-state index contributed by atoms with van der Waals surface area (Å²) >= 11 is 0. The third kappa shape index (κ3) is 4.11. The minimum Gasteiger partial charge on any atom is -0.353 e. The molecule has 1 saturated carbocycles. The minimum atomic E-state index is 0.187. The number of nitrogens with one attached hydrogen (secondary N) is 1. The highest BCUT2D eigenvalue weighted by Crippen LogP contribution is 2.17. The zero-order valence-corrected chi connectivity index (χ0v) is 8.22. The Morgan fingerprint density at radius 2 is 2.08 bits per heavy atom. The standard InChI is InChI=1S/C11H19NO/c1-2-3-9-11(13)12-10-7-5-4-6-8-10/h2,10H,1,3-9H2,(H,12,13). The highest BCUT2D eigenvalue weighted by molar-refractivity contribution is 5.76. The summed E-state index contributed by atoms with van der Waals surface area (Å²) in [6.07, 6.45) is 9.39. The van der Waals surface area contributed by atoms with E-state index in [1.165, 1.54) is 32.1 Å². The van der Waals surface area contributed by atoms with Gasteiger partial charge in [-0.25, -0.2) is 0 Å². The Morgan fingerprint density at radius 3 is 2.69 bits per heavy atom. The van der Waals surface area contributed by atoms with E-state index in [0.29, 0.717) is 12.5 Å². The average molecular weight is 181 g/mol. The lowest BCUT2D eigenvalue weighted by atomic mass is 9.95. The van der Waals surface area contributed by atoms with Crippen molar-refractivity contribution in [2.45, 2.75) is 51.0 Å². The van der Waals surface area contributed by atoms with Gasteiger partial charge in [-0.2, -0.15) is 0 Å². The van der Waals surface area contributed by atoms with Gasteiger partial charge < -0.3 is 5.32 Å². The molecule has 0 aromatic rings. The van der Waals surface area contributed by atoms with Gasteiger partial charge in [-0.3, -0.25) is 4.79 Å². The first-order chi connectivity index (χ1) is 6.33. The van der Waals surface area contributed by atoms with Gasteiger partial charge in [0.15, 0.2) is 0 Å². The first-order valence-corrected chi connectivity index (χ1v) is 5.23. The maximum atomic E-state index is 11.3. The third-order valence-corrected chi connectivity index (χ3v) is 2.55. The average Bonchev–Trinajstić information content (AvgIpc) is 2.16. The van der Waals surface area contributed by atoms with Crippen molar-refractivity contribution in [3.8, 4) is 0 Å². The fourth-order valence-electron chi connectivity index (χ4n) is 1.78. The lowest BCUT2D eigenvalue weighted by molar-refractivity contribution is -0.121. The van der Waals surface area contributed by atoms with Crippen LogP contribution in [-0.4, -0.2) is 11.9 Å². The number of hydrogen-bond acceptors (Lipinski definition) is 1. The number of carbonyl (C=O) groups is 1. The first-order valence-electron chi connectivity index (χ1n) is 5.23. The van der Waals surface area contributed by atoms with Crippen LogP contribution in [0, 0.1) is 0 Å². The molecule has 2 nitrogen and oxygen atoms in total. The Labute approximate surface area is 80.4 Å². The maximum absolute atomic E-state index is 11.3. The van der Waals surface area contributed by atoms with Crippen molar-refractivity contribution in [2.24, 2.45) is 0 Å². The Morgan fingerprint density at radius 1 is 1.38 bits per heavy atom. The van der Waals surface area contributed by atoms with Gasteiger partial charge in [-0.1, -0.05) is 25.3 Å². The van der Waals surface area contributed by atoms with E-state index in [1.807, 2.05) is 0 Å². The van der Waals surface area contributed by atoms with Crippen molar-refractivity contribution >= 4 is 5.91 Å². The summed E-state index contributed by atoms with van der Waals surface area (Å²) in [5.41, 5.74) is 0. The Kier molecular flexibility index (Phi) is 4.58. The van der Waals surface area contributed by atoms with Crippen molar-refractivity contribution in [1.82, 2.24) is 5.32 Å². The summed E-state index contributed by atoms with van der Waals surface area (Å²) in [4.78, 5) is 11.3. The molecule has 1 aliphatic carbocycles. The lowest BCUT2D eigenvalue weighted by Gasteiger charge is -2.22. The maximum Gasteiger partial charge on any atom is 0.220 e. The first kappa shape index (κ1) is 10.3. The second-order valence-electron chi connectivity index (χ2n) is 3.73. The van der Waals surface area contributed by atoms with Crippen LogP contribution in [0.5, 0.6) is 0 Å². The molecule has 0 saturated heterocycles. The predicted molar refractivity (Wildman–Crippen MR) is 54.4 cm³/mol. The van der Waals surface area contributed by atoms with Crippen LogP contribution in [0.1, 0.15) is 44.9 Å². The van der Waals surface area contributed by atoms with Crippen molar-refractivity contribution in [1.29, 1.82) is 0 Å². The monoisotopic (exact) mass is 181 g/mol. The van der Waals surface area contributed by atoms with E-state index in [9.17, 15) is 4.79 Å². The van der Waals surface area contributed by atoms with Crippen LogP contribution in [0.25, 0.3) is 0 Å². The molecule has 1 aliphatic rings. The molecule has 0 heterocycles. The Bertz CT molecular complexity index is 171. The second kappa shape index (κ2) is 5.79. The second-order valence-corrected chi connectivity index (χ2v) is 3.73.